The summed E-state index contributed by atoms with van der Waals surface area (Å²) in [6.45, 7) is 1.64. The monoisotopic (exact) mass is 235 g/mol. The Morgan fingerprint density at radius 3 is 2.47 bits per heavy atom. The average molecular weight is 235 g/mol. The van der Waals surface area contributed by atoms with Crippen LogP contribution < -0.4 is 5.32 Å². The first-order valence-corrected chi connectivity index (χ1v) is 4.61. The number of terminal acetylenes is 1. The molecule has 7 heteroatoms. The molecule has 88 valence electrons. The number of anilines is 1. The summed E-state index contributed by atoms with van der Waals surface area (Å²) >= 11 is 0. The van der Waals surface area contributed by atoms with Crippen molar-refractivity contribution in [1.29, 1.82) is 0 Å². The van der Waals surface area contributed by atoms with Gasteiger partial charge in [-0.05, 0) is 13.0 Å². The summed E-state index contributed by atoms with van der Waals surface area (Å²) in [5.74, 6) is 2.35. The Bertz CT molecular complexity index is 507. The van der Waals surface area contributed by atoms with Gasteiger partial charge in [0.15, 0.2) is 0 Å². The third kappa shape index (κ3) is 2.92. The number of nitrogens with zero attached hydrogens (tertiary/aromatic N) is 2. The molecule has 0 radical (unpaired) electrons. The fourth-order valence-corrected chi connectivity index (χ4v) is 1.18. The van der Waals surface area contributed by atoms with E-state index in [0.29, 0.717) is 0 Å². The van der Waals surface area contributed by atoms with Crippen LogP contribution in [0.1, 0.15) is 6.92 Å². The molecule has 1 rings (SSSR count). The molecule has 0 aromatic heterocycles. The number of nitro groups is 2. The highest BCUT2D eigenvalue weighted by Gasteiger charge is 2.19. The summed E-state index contributed by atoms with van der Waals surface area (Å²) in [6.07, 6.45) is 5.13. The predicted octanol–water partition coefficient (Wildman–Crippen LogP) is 1.94. The van der Waals surface area contributed by atoms with Gasteiger partial charge >= 0.3 is 0 Å². The SMILES string of the molecule is C#CC(C)Nc1ccc([N+](=O)[O-])cc1[N+](=O)[O-]. The van der Waals surface area contributed by atoms with Gasteiger partial charge in [-0.3, -0.25) is 20.2 Å². The molecule has 1 N–H and O–H groups in total. The minimum atomic E-state index is -0.696. The summed E-state index contributed by atoms with van der Waals surface area (Å²) in [4.78, 5) is 19.9. The first-order valence-electron chi connectivity index (χ1n) is 4.61. The van der Waals surface area contributed by atoms with E-state index in [1.807, 2.05) is 0 Å². The average Bonchev–Trinajstić information content (AvgIpc) is 2.28. The van der Waals surface area contributed by atoms with E-state index >= 15 is 0 Å². The molecule has 7 nitrogen and oxygen atoms in total. The quantitative estimate of drug-likeness (QED) is 0.488. The Morgan fingerprint density at radius 2 is 2.00 bits per heavy atom. The van der Waals surface area contributed by atoms with Crippen molar-refractivity contribution in [3.63, 3.8) is 0 Å². The van der Waals surface area contributed by atoms with E-state index in [1.165, 1.54) is 12.1 Å². The molecule has 1 atom stereocenters. The van der Waals surface area contributed by atoms with Gasteiger partial charge in [-0.25, -0.2) is 0 Å². The molecule has 1 aromatic rings. The first-order chi connectivity index (χ1) is 7.95. The van der Waals surface area contributed by atoms with Crippen LogP contribution >= 0.6 is 0 Å². The number of rotatable bonds is 4. The zero-order valence-corrected chi connectivity index (χ0v) is 8.91. The second-order valence-corrected chi connectivity index (χ2v) is 3.25. The van der Waals surface area contributed by atoms with Gasteiger partial charge in [-0.15, -0.1) is 6.42 Å². The van der Waals surface area contributed by atoms with Gasteiger partial charge in [0.05, 0.1) is 22.0 Å². The Morgan fingerprint density at radius 1 is 1.35 bits per heavy atom. The third-order valence-electron chi connectivity index (χ3n) is 2.01. The molecule has 0 bridgehead atoms. The number of hydrogen-bond donors (Lipinski definition) is 1. The Labute approximate surface area is 96.7 Å². The van der Waals surface area contributed by atoms with Crippen molar-refractivity contribution in [3.8, 4) is 12.3 Å². The molecule has 0 saturated carbocycles. The standard InChI is InChI=1S/C10H9N3O4/c1-3-7(2)11-9-5-4-8(12(14)15)6-10(9)13(16)17/h1,4-7,11H,2H3. The molecule has 17 heavy (non-hydrogen) atoms. The molecule has 0 saturated heterocycles. The highest BCUT2D eigenvalue weighted by molar-refractivity contribution is 5.66. The topological polar surface area (TPSA) is 98.3 Å². The van der Waals surface area contributed by atoms with Crippen molar-refractivity contribution in [2.24, 2.45) is 0 Å². The normalized spacial score (nSPS) is 11.3. The lowest BCUT2D eigenvalue weighted by Crippen LogP contribution is -2.13. The van der Waals surface area contributed by atoms with E-state index in [0.717, 1.165) is 6.07 Å². The second kappa shape index (κ2) is 4.94. The second-order valence-electron chi connectivity index (χ2n) is 3.25. The van der Waals surface area contributed by atoms with Gasteiger partial charge in [0.2, 0.25) is 0 Å². The molecule has 0 amide bonds. The number of hydrogen-bond acceptors (Lipinski definition) is 5. The maximum absolute atomic E-state index is 10.8. The lowest BCUT2D eigenvalue weighted by molar-refractivity contribution is -0.393. The van der Waals surface area contributed by atoms with Crippen molar-refractivity contribution < 1.29 is 9.85 Å². The minimum absolute atomic E-state index is 0.158. The molecular formula is C10H9N3O4. The maximum Gasteiger partial charge on any atom is 0.299 e. The van der Waals surface area contributed by atoms with Gasteiger partial charge in [-0.2, -0.15) is 0 Å². The molecule has 0 aliphatic carbocycles. The smallest absolute Gasteiger partial charge is 0.299 e. The first kappa shape index (κ1) is 12.4. The van der Waals surface area contributed by atoms with Crippen LogP contribution in [0.3, 0.4) is 0 Å². The highest BCUT2D eigenvalue weighted by Crippen LogP contribution is 2.29. The fraction of sp³-hybridized carbons (Fsp3) is 0.200. The molecule has 1 aromatic carbocycles. The van der Waals surface area contributed by atoms with Crippen LogP contribution in [0.4, 0.5) is 17.1 Å². The van der Waals surface area contributed by atoms with Crippen LogP contribution in [0.25, 0.3) is 0 Å². The molecule has 0 fully saturated rings. The van der Waals surface area contributed by atoms with Crippen LogP contribution in [0.5, 0.6) is 0 Å². The van der Waals surface area contributed by atoms with Crippen molar-refractivity contribution in [2.45, 2.75) is 13.0 Å². The minimum Gasteiger partial charge on any atom is -0.366 e. The predicted molar refractivity (Wildman–Crippen MR) is 61.7 cm³/mol. The highest BCUT2D eigenvalue weighted by atomic mass is 16.6. The van der Waals surface area contributed by atoms with E-state index in [2.05, 4.69) is 11.2 Å². The molecule has 0 aliphatic rings. The lowest BCUT2D eigenvalue weighted by atomic mass is 10.2. The Balaban J connectivity index is 3.18. The zero-order chi connectivity index (χ0) is 13.0. The van der Waals surface area contributed by atoms with E-state index in [4.69, 9.17) is 6.42 Å². The molecule has 0 spiro atoms. The van der Waals surface area contributed by atoms with Gasteiger partial charge in [0.1, 0.15) is 5.69 Å². The molecule has 1 unspecified atom stereocenters. The van der Waals surface area contributed by atoms with Gasteiger partial charge in [0.25, 0.3) is 11.4 Å². The van der Waals surface area contributed by atoms with Crippen LogP contribution in [-0.2, 0) is 0 Å². The summed E-state index contributed by atoms with van der Waals surface area (Å²) in [6, 6.07) is 2.93. The van der Waals surface area contributed by atoms with Gasteiger partial charge in [-0.1, -0.05) is 5.92 Å². The maximum atomic E-state index is 10.8. The van der Waals surface area contributed by atoms with Gasteiger partial charge in [0, 0.05) is 6.07 Å². The van der Waals surface area contributed by atoms with Crippen molar-refractivity contribution in [2.75, 3.05) is 5.32 Å². The molecule has 0 heterocycles. The van der Waals surface area contributed by atoms with Gasteiger partial charge < -0.3 is 5.32 Å². The van der Waals surface area contributed by atoms with E-state index in [1.54, 1.807) is 6.92 Å². The van der Waals surface area contributed by atoms with Crippen LogP contribution in [-0.4, -0.2) is 15.9 Å². The van der Waals surface area contributed by atoms with Crippen molar-refractivity contribution in [1.82, 2.24) is 0 Å². The summed E-state index contributed by atoms with van der Waals surface area (Å²) in [7, 11) is 0. The van der Waals surface area contributed by atoms with E-state index < -0.39 is 15.9 Å². The largest absolute Gasteiger partial charge is 0.366 e. The fourth-order valence-electron chi connectivity index (χ4n) is 1.18. The molecular weight excluding hydrogens is 226 g/mol. The Hall–Kier alpha value is -2.62. The van der Waals surface area contributed by atoms with Crippen LogP contribution in [0.15, 0.2) is 18.2 Å². The third-order valence-corrected chi connectivity index (χ3v) is 2.01. The summed E-state index contributed by atoms with van der Waals surface area (Å²) < 4.78 is 0. The van der Waals surface area contributed by atoms with E-state index in [-0.39, 0.29) is 17.1 Å². The Kier molecular flexibility index (Phi) is 3.62. The lowest BCUT2D eigenvalue weighted by Gasteiger charge is -2.09. The number of nitrogens with one attached hydrogen (secondary N) is 1. The zero-order valence-electron chi connectivity index (χ0n) is 8.91. The van der Waals surface area contributed by atoms with Crippen molar-refractivity contribution in [3.05, 3.63) is 38.4 Å². The molecule has 0 aliphatic heterocycles. The number of non-ortho nitro benzene ring substituents is 1. The number of nitro benzene ring substituents is 2. The summed E-state index contributed by atoms with van der Waals surface area (Å²) in [5.41, 5.74) is -0.553. The van der Waals surface area contributed by atoms with Crippen LogP contribution in [0.2, 0.25) is 0 Å². The van der Waals surface area contributed by atoms with Crippen LogP contribution in [0, 0.1) is 32.6 Å². The van der Waals surface area contributed by atoms with E-state index in [9.17, 15) is 20.2 Å². The van der Waals surface area contributed by atoms with Crippen molar-refractivity contribution >= 4 is 17.1 Å². The summed E-state index contributed by atoms with van der Waals surface area (Å²) in [5, 5.41) is 24.0. The number of benzene rings is 1.